The van der Waals surface area contributed by atoms with Gasteiger partial charge in [-0.3, -0.25) is 0 Å². The summed E-state index contributed by atoms with van der Waals surface area (Å²) in [5.41, 5.74) is -2.03. The van der Waals surface area contributed by atoms with Crippen molar-refractivity contribution >= 4 is 11.7 Å². The summed E-state index contributed by atoms with van der Waals surface area (Å²) in [6.45, 7) is 3.08. The highest BCUT2D eigenvalue weighted by atomic mass is 19.4. The largest absolute Gasteiger partial charge is 0.492 e. The van der Waals surface area contributed by atoms with Gasteiger partial charge in [-0.15, -0.1) is 0 Å². The van der Waals surface area contributed by atoms with Crippen LogP contribution in [0.4, 0.5) is 23.7 Å². The average molecular weight is 361 g/mol. The molecule has 0 saturated carbocycles. The maximum absolute atomic E-state index is 12.9. The fraction of sp³-hybridized carbons (Fsp3) is 0.562. The molecule has 1 heterocycles. The van der Waals surface area contributed by atoms with E-state index in [0.29, 0.717) is 13.0 Å². The number of ether oxygens (including phenoxy) is 1. The van der Waals surface area contributed by atoms with Crippen molar-refractivity contribution in [2.45, 2.75) is 31.5 Å². The van der Waals surface area contributed by atoms with Gasteiger partial charge in [0.05, 0.1) is 23.5 Å². The maximum Gasteiger partial charge on any atom is 0.416 e. The Morgan fingerprint density at radius 2 is 2.20 bits per heavy atom. The van der Waals surface area contributed by atoms with Crippen molar-refractivity contribution in [3.8, 4) is 5.75 Å². The lowest BCUT2D eigenvalue weighted by Crippen LogP contribution is -2.53. The number of carbonyl (C=O) groups excluding carboxylic acids is 1. The summed E-state index contributed by atoms with van der Waals surface area (Å²) >= 11 is 0. The Morgan fingerprint density at radius 3 is 2.80 bits per heavy atom. The summed E-state index contributed by atoms with van der Waals surface area (Å²) in [5.74, 6) is 0.142. The minimum atomic E-state index is -4.53. The first-order valence-electron chi connectivity index (χ1n) is 8.05. The second-order valence-corrected chi connectivity index (χ2v) is 5.95. The SMILES string of the molecule is CCOc1ccc(C(F)(F)F)cc1NC(=O)NC[C@@]1(O)CCCNC1. The van der Waals surface area contributed by atoms with Gasteiger partial charge in [0.1, 0.15) is 5.75 Å². The molecule has 1 aromatic carbocycles. The highest BCUT2D eigenvalue weighted by Crippen LogP contribution is 2.35. The lowest BCUT2D eigenvalue weighted by Gasteiger charge is -2.32. The van der Waals surface area contributed by atoms with Gasteiger partial charge in [0, 0.05) is 13.1 Å². The third-order valence-electron chi connectivity index (χ3n) is 3.88. The molecule has 1 aromatic rings. The van der Waals surface area contributed by atoms with Crippen LogP contribution in [0.5, 0.6) is 5.75 Å². The number of hydrogen-bond acceptors (Lipinski definition) is 4. The van der Waals surface area contributed by atoms with E-state index < -0.39 is 23.4 Å². The zero-order valence-electron chi connectivity index (χ0n) is 13.9. The second-order valence-electron chi connectivity index (χ2n) is 5.95. The number of aliphatic hydroxyl groups is 1. The molecule has 140 valence electrons. The zero-order valence-corrected chi connectivity index (χ0v) is 13.9. The molecule has 6 nitrogen and oxygen atoms in total. The molecule has 0 bridgehead atoms. The van der Waals surface area contributed by atoms with Crippen LogP contribution >= 0.6 is 0 Å². The predicted octanol–water partition coefficient (Wildman–Crippen LogP) is 2.34. The molecule has 25 heavy (non-hydrogen) atoms. The number of anilines is 1. The van der Waals surface area contributed by atoms with Crippen LogP contribution in [0.1, 0.15) is 25.3 Å². The molecule has 2 amide bonds. The van der Waals surface area contributed by atoms with Gasteiger partial charge in [-0.1, -0.05) is 0 Å². The Morgan fingerprint density at radius 1 is 1.44 bits per heavy atom. The van der Waals surface area contributed by atoms with Crippen LogP contribution in [-0.2, 0) is 6.18 Å². The van der Waals surface area contributed by atoms with Gasteiger partial charge in [-0.25, -0.2) is 4.79 Å². The quantitative estimate of drug-likeness (QED) is 0.649. The van der Waals surface area contributed by atoms with Crippen LogP contribution in [0, 0.1) is 0 Å². The highest BCUT2D eigenvalue weighted by Gasteiger charge is 2.32. The maximum atomic E-state index is 12.9. The van der Waals surface area contributed by atoms with E-state index in [9.17, 15) is 23.1 Å². The molecule has 1 saturated heterocycles. The number of carbonyl (C=O) groups is 1. The lowest BCUT2D eigenvalue weighted by atomic mass is 9.94. The van der Waals surface area contributed by atoms with Crippen molar-refractivity contribution in [3.63, 3.8) is 0 Å². The molecule has 0 aromatic heterocycles. The average Bonchev–Trinajstić information content (AvgIpc) is 2.55. The van der Waals surface area contributed by atoms with Crippen LogP contribution in [0.2, 0.25) is 0 Å². The predicted molar refractivity (Wildman–Crippen MR) is 86.7 cm³/mol. The topological polar surface area (TPSA) is 82.6 Å². The summed E-state index contributed by atoms with van der Waals surface area (Å²) in [6.07, 6.45) is -3.21. The van der Waals surface area contributed by atoms with E-state index >= 15 is 0 Å². The smallest absolute Gasteiger partial charge is 0.416 e. The van der Waals surface area contributed by atoms with Gasteiger partial charge < -0.3 is 25.8 Å². The molecule has 0 spiro atoms. The first kappa shape index (κ1) is 19.3. The van der Waals surface area contributed by atoms with Crippen molar-refractivity contribution in [1.29, 1.82) is 0 Å². The summed E-state index contributed by atoms with van der Waals surface area (Å²) in [4.78, 5) is 12.0. The van der Waals surface area contributed by atoms with Crippen LogP contribution in [-0.4, -0.2) is 43.0 Å². The Bertz CT molecular complexity index is 602. The number of nitrogens with one attached hydrogen (secondary N) is 3. The van der Waals surface area contributed by atoms with Gasteiger partial charge in [-0.05, 0) is 44.5 Å². The zero-order chi connectivity index (χ0) is 18.5. The Labute approximate surface area is 143 Å². The van der Waals surface area contributed by atoms with Gasteiger partial charge in [0.25, 0.3) is 0 Å². The number of benzene rings is 1. The first-order valence-corrected chi connectivity index (χ1v) is 8.05. The first-order chi connectivity index (χ1) is 11.7. The number of hydrogen-bond donors (Lipinski definition) is 4. The van der Waals surface area contributed by atoms with Gasteiger partial charge in [-0.2, -0.15) is 13.2 Å². The molecule has 1 aliphatic heterocycles. The highest BCUT2D eigenvalue weighted by molar-refractivity contribution is 5.91. The van der Waals surface area contributed by atoms with Crippen molar-refractivity contribution in [1.82, 2.24) is 10.6 Å². The van der Waals surface area contributed by atoms with Gasteiger partial charge in [0.15, 0.2) is 0 Å². The summed E-state index contributed by atoms with van der Waals surface area (Å²) in [7, 11) is 0. The fourth-order valence-electron chi connectivity index (χ4n) is 2.60. The normalized spacial score (nSPS) is 20.8. The number of piperidine rings is 1. The van der Waals surface area contributed by atoms with Crippen molar-refractivity contribution in [2.24, 2.45) is 0 Å². The molecule has 0 unspecified atom stereocenters. The third kappa shape index (κ3) is 5.50. The van der Waals surface area contributed by atoms with E-state index in [4.69, 9.17) is 4.74 Å². The lowest BCUT2D eigenvalue weighted by molar-refractivity contribution is -0.137. The number of alkyl halides is 3. The van der Waals surface area contributed by atoms with Crippen molar-refractivity contribution < 1.29 is 27.8 Å². The van der Waals surface area contributed by atoms with E-state index in [1.807, 2.05) is 0 Å². The molecular weight excluding hydrogens is 339 g/mol. The summed E-state index contributed by atoms with van der Waals surface area (Å²) in [6, 6.07) is 2.17. The number of halogens is 3. The van der Waals surface area contributed by atoms with Gasteiger partial charge >= 0.3 is 12.2 Å². The van der Waals surface area contributed by atoms with Crippen molar-refractivity contribution in [3.05, 3.63) is 23.8 Å². The molecule has 0 aliphatic carbocycles. The van der Waals surface area contributed by atoms with Crippen LogP contribution in [0.3, 0.4) is 0 Å². The number of β-amino-alcohol motifs (C(OH)–C–C–N with tert-alkyl or cyclic N) is 1. The second kappa shape index (κ2) is 7.92. The minimum Gasteiger partial charge on any atom is -0.492 e. The molecule has 0 radical (unpaired) electrons. The van der Waals surface area contributed by atoms with Crippen LogP contribution < -0.4 is 20.7 Å². The van der Waals surface area contributed by atoms with E-state index in [-0.39, 0.29) is 24.6 Å². The molecule has 4 N–H and O–H groups in total. The fourth-order valence-corrected chi connectivity index (χ4v) is 2.60. The Hall–Kier alpha value is -2.00. The third-order valence-corrected chi connectivity index (χ3v) is 3.88. The van der Waals surface area contributed by atoms with E-state index in [2.05, 4.69) is 16.0 Å². The molecule has 9 heteroatoms. The van der Waals surface area contributed by atoms with E-state index in [1.165, 1.54) is 6.07 Å². The number of urea groups is 1. The Kier molecular flexibility index (Phi) is 6.12. The number of rotatable bonds is 5. The summed E-state index contributed by atoms with van der Waals surface area (Å²) < 4.78 is 43.8. The van der Waals surface area contributed by atoms with Gasteiger partial charge in [0.2, 0.25) is 0 Å². The Balaban J connectivity index is 2.05. The van der Waals surface area contributed by atoms with E-state index in [0.717, 1.165) is 25.1 Å². The van der Waals surface area contributed by atoms with E-state index in [1.54, 1.807) is 6.92 Å². The summed E-state index contributed by atoms with van der Waals surface area (Å²) in [5, 5.41) is 18.2. The number of amides is 2. The molecular formula is C16H22F3N3O3. The monoisotopic (exact) mass is 361 g/mol. The van der Waals surface area contributed by atoms with Crippen molar-refractivity contribution in [2.75, 3.05) is 31.6 Å². The molecule has 1 aliphatic rings. The molecule has 1 atom stereocenters. The standard InChI is InChI=1S/C16H22F3N3O3/c1-2-25-13-5-4-11(16(17,18)19)8-12(13)22-14(23)21-10-15(24)6-3-7-20-9-15/h4-5,8,20,24H,2-3,6-7,9-10H2,1H3,(H2,21,22,23)/t15-/m1/s1. The van der Waals surface area contributed by atoms with Crippen LogP contribution in [0.15, 0.2) is 18.2 Å². The molecule has 2 rings (SSSR count). The minimum absolute atomic E-state index is 0.00520. The molecule has 1 fully saturated rings. The van der Waals surface area contributed by atoms with Crippen LogP contribution in [0.25, 0.3) is 0 Å².